The lowest BCUT2D eigenvalue weighted by atomic mass is 10.0. The van der Waals surface area contributed by atoms with E-state index in [0.29, 0.717) is 0 Å². The van der Waals surface area contributed by atoms with Crippen molar-refractivity contribution in [1.82, 2.24) is 9.78 Å². The van der Waals surface area contributed by atoms with Crippen molar-refractivity contribution in [3.05, 3.63) is 35.5 Å². The van der Waals surface area contributed by atoms with Gasteiger partial charge < -0.3 is 5.73 Å². The van der Waals surface area contributed by atoms with Gasteiger partial charge in [-0.2, -0.15) is 5.10 Å². The smallest absolute Gasteiger partial charge is 0.0679 e. The van der Waals surface area contributed by atoms with E-state index in [2.05, 4.69) is 17.2 Å². The highest BCUT2D eigenvalue weighted by molar-refractivity contribution is 5.67. The van der Waals surface area contributed by atoms with E-state index < -0.39 is 0 Å². The summed E-state index contributed by atoms with van der Waals surface area (Å²) < 4.78 is 1.87. The summed E-state index contributed by atoms with van der Waals surface area (Å²) in [4.78, 5) is 0. The fraction of sp³-hybridized carbons (Fsp3) is 0.250. The molecule has 0 aliphatic carbocycles. The molecule has 0 bridgehead atoms. The van der Waals surface area contributed by atoms with Gasteiger partial charge in [-0.05, 0) is 43.2 Å². The van der Waals surface area contributed by atoms with Crippen LogP contribution in [0.25, 0.3) is 11.3 Å². The summed E-state index contributed by atoms with van der Waals surface area (Å²) in [5.74, 6) is 0. The van der Waals surface area contributed by atoms with Crippen LogP contribution in [0.1, 0.15) is 11.1 Å². The van der Waals surface area contributed by atoms with E-state index in [0.717, 1.165) is 22.5 Å². The first-order valence-corrected chi connectivity index (χ1v) is 4.94. The second-order valence-electron chi connectivity index (χ2n) is 3.86. The number of anilines is 1. The molecule has 0 aliphatic rings. The van der Waals surface area contributed by atoms with Crippen molar-refractivity contribution in [2.24, 2.45) is 7.05 Å². The molecule has 15 heavy (non-hydrogen) atoms. The van der Waals surface area contributed by atoms with Crippen LogP contribution >= 0.6 is 0 Å². The van der Waals surface area contributed by atoms with Crippen molar-refractivity contribution in [3.63, 3.8) is 0 Å². The normalized spacial score (nSPS) is 10.6. The minimum absolute atomic E-state index is 0.876. The summed E-state index contributed by atoms with van der Waals surface area (Å²) in [6.45, 7) is 4.06. The molecule has 0 saturated carbocycles. The monoisotopic (exact) mass is 201 g/mol. The molecule has 2 N–H and O–H groups in total. The zero-order chi connectivity index (χ0) is 11.0. The van der Waals surface area contributed by atoms with Crippen LogP contribution in [0.15, 0.2) is 24.4 Å². The largest absolute Gasteiger partial charge is 0.398 e. The maximum absolute atomic E-state index is 5.92. The second kappa shape index (κ2) is 3.42. The van der Waals surface area contributed by atoms with Crippen molar-refractivity contribution in [1.29, 1.82) is 0 Å². The average Bonchev–Trinajstić information content (AvgIpc) is 2.60. The van der Waals surface area contributed by atoms with E-state index in [9.17, 15) is 0 Å². The molecule has 0 fully saturated rings. The number of nitrogens with zero attached hydrogens (tertiary/aromatic N) is 2. The predicted molar refractivity (Wildman–Crippen MR) is 62.5 cm³/mol. The van der Waals surface area contributed by atoms with Crippen molar-refractivity contribution in [2.45, 2.75) is 13.8 Å². The number of benzene rings is 1. The van der Waals surface area contributed by atoms with E-state index in [4.69, 9.17) is 5.73 Å². The SMILES string of the molecule is Cc1cc(-c2ccnn2C)cc(C)c1N. The molecule has 0 unspecified atom stereocenters. The maximum Gasteiger partial charge on any atom is 0.0679 e. The number of hydrogen-bond donors (Lipinski definition) is 1. The third kappa shape index (κ3) is 1.61. The van der Waals surface area contributed by atoms with Crippen molar-refractivity contribution in [2.75, 3.05) is 5.73 Å². The highest BCUT2D eigenvalue weighted by Gasteiger charge is 2.06. The van der Waals surface area contributed by atoms with Gasteiger partial charge in [0.05, 0.1) is 5.69 Å². The molecule has 0 aliphatic heterocycles. The van der Waals surface area contributed by atoms with Crippen LogP contribution in [0.3, 0.4) is 0 Å². The Balaban J connectivity index is 2.60. The van der Waals surface area contributed by atoms with Gasteiger partial charge in [0.2, 0.25) is 0 Å². The summed E-state index contributed by atoms with van der Waals surface area (Å²) in [5, 5.41) is 4.16. The molecule has 2 aromatic rings. The topological polar surface area (TPSA) is 43.8 Å². The summed E-state index contributed by atoms with van der Waals surface area (Å²) >= 11 is 0. The zero-order valence-electron chi connectivity index (χ0n) is 9.28. The van der Waals surface area contributed by atoms with Crippen molar-refractivity contribution < 1.29 is 0 Å². The summed E-state index contributed by atoms with van der Waals surface area (Å²) in [7, 11) is 1.94. The van der Waals surface area contributed by atoms with Crippen LogP contribution in [0.5, 0.6) is 0 Å². The van der Waals surface area contributed by atoms with Gasteiger partial charge in [0.15, 0.2) is 0 Å². The molecule has 0 atom stereocenters. The Morgan fingerprint density at radius 2 is 1.80 bits per heavy atom. The average molecular weight is 201 g/mol. The summed E-state index contributed by atoms with van der Waals surface area (Å²) in [5.41, 5.74) is 11.3. The fourth-order valence-corrected chi connectivity index (χ4v) is 1.78. The number of nitrogens with two attached hydrogens (primary N) is 1. The van der Waals surface area contributed by atoms with Crippen LogP contribution in [-0.2, 0) is 7.05 Å². The van der Waals surface area contributed by atoms with Crippen LogP contribution in [0.4, 0.5) is 5.69 Å². The molecule has 3 nitrogen and oxygen atoms in total. The van der Waals surface area contributed by atoms with E-state index in [-0.39, 0.29) is 0 Å². The molecule has 1 aromatic carbocycles. The third-order valence-electron chi connectivity index (χ3n) is 2.71. The molecule has 0 amide bonds. The third-order valence-corrected chi connectivity index (χ3v) is 2.71. The van der Waals surface area contributed by atoms with Gasteiger partial charge in [0.1, 0.15) is 0 Å². The summed E-state index contributed by atoms with van der Waals surface area (Å²) in [6, 6.07) is 6.20. The molecule has 78 valence electrons. The summed E-state index contributed by atoms with van der Waals surface area (Å²) in [6.07, 6.45) is 1.80. The highest BCUT2D eigenvalue weighted by Crippen LogP contribution is 2.25. The number of nitrogen functional groups attached to an aromatic ring is 1. The Morgan fingerprint density at radius 3 is 2.27 bits per heavy atom. The first-order valence-electron chi connectivity index (χ1n) is 4.94. The molecule has 1 aromatic heterocycles. The van der Waals surface area contributed by atoms with E-state index in [1.165, 1.54) is 5.56 Å². The Morgan fingerprint density at radius 1 is 1.20 bits per heavy atom. The van der Waals surface area contributed by atoms with Gasteiger partial charge in [0.25, 0.3) is 0 Å². The molecule has 0 spiro atoms. The van der Waals surface area contributed by atoms with Gasteiger partial charge in [-0.1, -0.05) is 0 Å². The first kappa shape index (κ1) is 9.77. The van der Waals surface area contributed by atoms with Crippen LogP contribution < -0.4 is 5.73 Å². The highest BCUT2D eigenvalue weighted by atomic mass is 15.2. The zero-order valence-corrected chi connectivity index (χ0v) is 9.28. The minimum atomic E-state index is 0.876. The van der Waals surface area contributed by atoms with E-state index in [1.54, 1.807) is 6.20 Å². The van der Waals surface area contributed by atoms with Crippen LogP contribution in [-0.4, -0.2) is 9.78 Å². The lowest BCUT2D eigenvalue weighted by molar-refractivity contribution is 0.776. The Labute approximate surface area is 89.5 Å². The van der Waals surface area contributed by atoms with Crippen molar-refractivity contribution in [3.8, 4) is 11.3 Å². The van der Waals surface area contributed by atoms with Gasteiger partial charge in [-0.25, -0.2) is 0 Å². The maximum atomic E-state index is 5.92. The van der Waals surface area contributed by atoms with E-state index in [1.807, 2.05) is 31.6 Å². The quantitative estimate of drug-likeness (QED) is 0.719. The lowest BCUT2D eigenvalue weighted by Gasteiger charge is -2.09. The van der Waals surface area contributed by atoms with Gasteiger partial charge in [-0.15, -0.1) is 0 Å². The number of rotatable bonds is 1. The van der Waals surface area contributed by atoms with Gasteiger partial charge in [-0.3, -0.25) is 4.68 Å². The lowest BCUT2D eigenvalue weighted by Crippen LogP contribution is -1.97. The van der Waals surface area contributed by atoms with Crippen LogP contribution in [0, 0.1) is 13.8 Å². The fourth-order valence-electron chi connectivity index (χ4n) is 1.78. The predicted octanol–water partition coefficient (Wildman–Crippen LogP) is 2.29. The number of hydrogen-bond acceptors (Lipinski definition) is 2. The molecular weight excluding hydrogens is 186 g/mol. The van der Waals surface area contributed by atoms with Crippen LogP contribution in [0.2, 0.25) is 0 Å². The van der Waals surface area contributed by atoms with E-state index >= 15 is 0 Å². The van der Waals surface area contributed by atoms with Gasteiger partial charge >= 0.3 is 0 Å². The number of aryl methyl sites for hydroxylation is 3. The molecule has 0 radical (unpaired) electrons. The Kier molecular flexibility index (Phi) is 2.23. The Bertz CT molecular complexity index is 474. The molecule has 1 heterocycles. The minimum Gasteiger partial charge on any atom is -0.398 e. The molecule has 3 heteroatoms. The molecule has 2 rings (SSSR count). The first-order chi connectivity index (χ1) is 7.09. The molecule has 0 saturated heterocycles. The molecular formula is C12H15N3. The Hall–Kier alpha value is -1.77. The van der Waals surface area contributed by atoms with Crippen molar-refractivity contribution >= 4 is 5.69 Å². The van der Waals surface area contributed by atoms with Gasteiger partial charge in [0, 0.05) is 24.5 Å². The second-order valence-corrected chi connectivity index (χ2v) is 3.86. The number of aromatic nitrogens is 2. The standard InChI is InChI=1S/C12H15N3/c1-8-6-10(7-9(2)12(8)13)11-4-5-14-15(11)3/h4-7H,13H2,1-3H3.